The van der Waals surface area contributed by atoms with Crippen molar-refractivity contribution >= 4 is 11.8 Å². The number of anilines is 1. The standard InChI is InChI=1S/C18H21F4N5/c1-23-17(25-11-14-5-4-6-16(26-14)27(2)3)24-10-12-7-8-13(19)9-15(12)18(20,21)22/h4-9H,10-11H2,1-3H3,(H2,23,24,25). The summed E-state index contributed by atoms with van der Waals surface area (Å²) in [6, 6.07) is 8.16. The van der Waals surface area contributed by atoms with Crippen molar-refractivity contribution in [3.63, 3.8) is 0 Å². The molecular formula is C18H21F4N5. The quantitative estimate of drug-likeness (QED) is 0.473. The van der Waals surface area contributed by atoms with Crippen LogP contribution in [0.1, 0.15) is 16.8 Å². The van der Waals surface area contributed by atoms with Gasteiger partial charge in [-0.25, -0.2) is 9.37 Å². The van der Waals surface area contributed by atoms with Crippen molar-refractivity contribution in [2.45, 2.75) is 19.3 Å². The smallest absolute Gasteiger partial charge is 0.363 e. The lowest BCUT2D eigenvalue weighted by molar-refractivity contribution is -0.138. The second-order valence-corrected chi connectivity index (χ2v) is 5.96. The van der Waals surface area contributed by atoms with Gasteiger partial charge < -0.3 is 15.5 Å². The summed E-state index contributed by atoms with van der Waals surface area (Å²) < 4.78 is 52.3. The monoisotopic (exact) mass is 383 g/mol. The number of guanidine groups is 1. The molecule has 1 heterocycles. The van der Waals surface area contributed by atoms with Gasteiger partial charge in [0.2, 0.25) is 0 Å². The number of hydrogen-bond donors (Lipinski definition) is 2. The van der Waals surface area contributed by atoms with Crippen molar-refractivity contribution in [3.8, 4) is 0 Å². The van der Waals surface area contributed by atoms with Gasteiger partial charge in [0.25, 0.3) is 0 Å². The van der Waals surface area contributed by atoms with Crippen LogP contribution < -0.4 is 15.5 Å². The van der Waals surface area contributed by atoms with Gasteiger partial charge in [-0.3, -0.25) is 4.99 Å². The molecule has 2 N–H and O–H groups in total. The number of aliphatic imine (C=N–C) groups is 1. The van der Waals surface area contributed by atoms with Crippen molar-refractivity contribution in [2.75, 3.05) is 26.0 Å². The van der Waals surface area contributed by atoms with Gasteiger partial charge in [0.15, 0.2) is 5.96 Å². The molecule has 0 saturated heterocycles. The summed E-state index contributed by atoms with van der Waals surface area (Å²) in [4.78, 5) is 10.3. The molecule has 1 aromatic carbocycles. The maximum Gasteiger partial charge on any atom is 0.416 e. The van der Waals surface area contributed by atoms with E-state index in [-0.39, 0.29) is 12.1 Å². The molecular weight excluding hydrogens is 362 g/mol. The number of aromatic nitrogens is 1. The minimum atomic E-state index is -4.63. The Kier molecular flexibility index (Phi) is 6.59. The minimum absolute atomic E-state index is 0.0698. The van der Waals surface area contributed by atoms with Crippen LogP contribution in [0.5, 0.6) is 0 Å². The predicted molar refractivity (Wildman–Crippen MR) is 97.0 cm³/mol. The molecule has 5 nitrogen and oxygen atoms in total. The van der Waals surface area contributed by atoms with E-state index in [4.69, 9.17) is 0 Å². The lowest BCUT2D eigenvalue weighted by atomic mass is 10.1. The van der Waals surface area contributed by atoms with Gasteiger partial charge in [-0.15, -0.1) is 0 Å². The zero-order valence-electron chi connectivity index (χ0n) is 15.2. The van der Waals surface area contributed by atoms with Crippen LogP contribution in [-0.4, -0.2) is 32.1 Å². The van der Waals surface area contributed by atoms with Crippen LogP contribution in [0.15, 0.2) is 41.4 Å². The number of nitrogens with one attached hydrogen (secondary N) is 2. The summed E-state index contributed by atoms with van der Waals surface area (Å²) in [5.74, 6) is 0.170. The van der Waals surface area contributed by atoms with Gasteiger partial charge >= 0.3 is 6.18 Å². The molecule has 0 aliphatic rings. The first kappa shape index (κ1) is 20.5. The number of benzene rings is 1. The highest BCUT2D eigenvalue weighted by Crippen LogP contribution is 2.32. The van der Waals surface area contributed by atoms with Crippen molar-refractivity contribution in [2.24, 2.45) is 4.99 Å². The molecule has 1 aromatic heterocycles. The molecule has 0 fully saturated rings. The van der Waals surface area contributed by atoms with Gasteiger partial charge in [-0.05, 0) is 29.8 Å². The molecule has 0 radical (unpaired) electrons. The number of alkyl halides is 3. The second-order valence-electron chi connectivity index (χ2n) is 5.96. The summed E-state index contributed by atoms with van der Waals surface area (Å²) in [5, 5.41) is 5.80. The first-order valence-electron chi connectivity index (χ1n) is 8.14. The van der Waals surface area contributed by atoms with Crippen molar-refractivity contribution < 1.29 is 17.6 Å². The molecule has 0 aliphatic carbocycles. The lowest BCUT2D eigenvalue weighted by Crippen LogP contribution is -2.37. The average Bonchev–Trinajstić information content (AvgIpc) is 2.62. The molecule has 0 amide bonds. The number of halogens is 4. The van der Waals surface area contributed by atoms with E-state index >= 15 is 0 Å². The average molecular weight is 383 g/mol. The maximum absolute atomic E-state index is 13.2. The Morgan fingerprint density at radius 3 is 2.44 bits per heavy atom. The van der Waals surface area contributed by atoms with E-state index in [0.717, 1.165) is 23.6 Å². The Hall–Kier alpha value is -2.84. The largest absolute Gasteiger partial charge is 0.416 e. The molecule has 146 valence electrons. The number of rotatable bonds is 5. The highest BCUT2D eigenvalue weighted by atomic mass is 19.4. The summed E-state index contributed by atoms with van der Waals surface area (Å²) in [6.45, 7) is 0.191. The first-order valence-corrected chi connectivity index (χ1v) is 8.14. The molecule has 9 heteroatoms. The molecule has 2 rings (SSSR count). The molecule has 27 heavy (non-hydrogen) atoms. The van der Waals surface area contributed by atoms with Crippen LogP contribution in [0.4, 0.5) is 23.4 Å². The first-order chi connectivity index (χ1) is 12.7. The molecule has 0 atom stereocenters. The highest BCUT2D eigenvalue weighted by Gasteiger charge is 2.33. The summed E-state index contributed by atoms with van der Waals surface area (Å²) in [5.41, 5.74) is -0.327. The van der Waals surface area contributed by atoms with E-state index in [9.17, 15) is 17.6 Å². The van der Waals surface area contributed by atoms with E-state index in [0.29, 0.717) is 18.6 Å². The second kappa shape index (κ2) is 8.70. The topological polar surface area (TPSA) is 52.6 Å². The Morgan fingerprint density at radius 1 is 1.11 bits per heavy atom. The number of nitrogens with zero attached hydrogens (tertiary/aromatic N) is 3. The van der Waals surface area contributed by atoms with Gasteiger partial charge in [0, 0.05) is 27.7 Å². The highest BCUT2D eigenvalue weighted by molar-refractivity contribution is 5.79. The van der Waals surface area contributed by atoms with E-state index in [1.54, 1.807) is 0 Å². The minimum Gasteiger partial charge on any atom is -0.363 e. The number of hydrogen-bond acceptors (Lipinski definition) is 3. The molecule has 0 aliphatic heterocycles. The third-order valence-corrected chi connectivity index (χ3v) is 3.73. The summed E-state index contributed by atoms with van der Waals surface area (Å²) in [7, 11) is 5.26. The van der Waals surface area contributed by atoms with Gasteiger partial charge in [0.05, 0.1) is 17.8 Å². The zero-order chi connectivity index (χ0) is 20.0. The van der Waals surface area contributed by atoms with Gasteiger partial charge in [0.1, 0.15) is 11.6 Å². The van der Waals surface area contributed by atoms with Crippen LogP contribution in [0.3, 0.4) is 0 Å². The Labute approximate surface area is 155 Å². The zero-order valence-corrected chi connectivity index (χ0v) is 15.2. The van der Waals surface area contributed by atoms with Crippen molar-refractivity contribution in [1.29, 1.82) is 0 Å². The lowest BCUT2D eigenvalue weighted by Gasteiger charge is -2.16. The molecule has 2 aromatic rings. The van der Waals surface area contributed by atoms with Crippen LogP contribution in [0.2, 0.25) is 0 Å². The SMILES string of the molecule is CN=C(NCc1cccc(N(C)C)n1)NCc1ccc(F)cc1C(F)(F)F. The third kappa shape index (κ3) is 5.83. The Balaban J connectivity index is 2.02. The van der Waals surface area contributed by atoms with Crippen LogP contribution in [-0.2, 0) is 19.3 Å². The summed E-state index contributed by atoms with van der Waals surface area (Å²) in [6.07, 6.45) is -4.63. The van der Waals surface area contributed by atoms with Crippen LogP contribution >= 0.6 is 0 Å². The maximum atomic E-state index is 13.2. The molecule has 0 unspecified atom stereocenters. The van der Waals surface area contributed by atoms with E-state index in [1.807, 2.05) is 37.2 Å². The molecule has 0 saturated carbocycles. The normalized spacial score (nSPS) is 12.0. The van der Waals surface area contributed by atoms with Crippen molar-refractivity contribution in [3.05, 3.63) is 59.0 Å². The van der Waals surface area contributed by atoms with E-state index in [2.05, 4.69) is 20.6 Å². The van der Waals surface area contributed by atoms with Crippen LogP contribution in [0.25, 0.3) is 0 Å². The fourth-order valence-electron chi connectivity index (χ4n) is 2.36. The predicted octanol–water partition coefficient (Wildman–Crippen LogP) is 3.17. The van der Waals surface area contributed by atoms with Gasteiger partial charge in [-0.1, -0.05) is 12.1 Å². The summed E-state index contributed by atoms with van der Waals surface area (Å²) >= 11 is 0. The van der Waals surface area contributed by atoms with Crippen molar-refractivity contribution in [1.82, 2.24) is 15.6 Å². The third-order valence-electron chi connectivity index (χ3n) is 3.73. The fraction of sp³-hybridized carbons (Fsp3) is 0.333. The van der Waals surface area contributed by atoms with Gasteiger partial charge in [-0.2, -0.15) is 13.2 Å². The van der Waals surface area contributed by atoms with E-state index in [1.165, 1.54) is 7.05 Å². The molecule has 0 bridgehead atoms. The fourth-order valence-corrected chi connectivity index (χ4v) is 2.36. The number of pyridine rings is 1. The Morgan fingerprint density at radius 2 is 1.81 bits per heavy atom. The molecule has 0 spiro atoms. The Bertz CT molecular complexity index is 803. The van der Waals surface area contributed by atoms with Crippen LogP contribution in [0, 0.1) is 5.82 Å². The van der Waals surface area contributed by atoms with E-state index < -0.39 is 17.6 Å².